The summed E-state index contributed by atoms with van der Waals surface area (Å²) in [6.07, 6.45) is 0.829. The maximum atomic E-state index is 5.79. The zero-order valence-corrected chi connectivity index (χ0v) is 11.6. The minimum Gasteiger partial charge on any atom is -0.375 e. The fraction of sp³-hybridized carbons (Fsp3) is 0.357. The normalized spacial score (nSPS) is 11.1. The molecule has 0 amide bonds. The molecule has 0 aliphatic heterocycles. The smallest absolute Gasteiger partial charge is 0.180 e. The third-order valence-electron chi connectivity index (χ3n) is 2.94. The standard InChI is InChI=1S/C14H19N3S/c1-9(2)10-3-5-11(6-4-10)13-12(7-8-15)18-14(16)17-13/h3-6,9H,7-8,15H2,1-2H3,(H2,16,17). The van der Waals surface area contributed by atoms with E-state index in [2.05, 4.69) is 43.1 Å². The molecule has 0 atom stereocenters. The second-order valence-corrected chi connectivity index (χ2v) is 5.75. The van der Waals surface area contributed by atoms with E-state index in [1.165, 1.54) is 21.8 Å². The molecular formula is C14H19N3S. The number of thiazole rings is 1. The minimum atomic E-state index is 0.545. The highest BCUT2D eigenvalue weighted by molar-refractivity contribution is 7.15. The Morgan fingerprint density at radius 2 is 1.89 bits per heavy atom. The van der Waals surface area contributed by atoms with Crippen molar-refractivity contribution < 1.29 is 0 Å². The summed E-state index contributed by atoms with van der Waals surface area (Å²) in [5, 5.41) is 0.612. The highest BCUT2D eigenvalue weighted by Gasteiger charge is 2.11. The first-order valence-electron chi connectivity index (χ1n) is 6.17. The first-order chi connectivity index (χ1) is 8.61. The van der Waals surface area contributed by atoms with Gasteiger partial charge in [-0.3, -0.25) is 0 Å². The van der Waals surface area contributed by atoms with Crippen molar-refractivity contribution in [3.8, 4) is 11.3 Å². The number of nitrogens with two attached hydrogens (primary N) is 2. The quantitative estimate of drug-likeness (QED) is 0.889. The lowest BCUT2D eigenvalue weighted by molar-refractivity contribution is 0.867. The van der Waals surface area contributed by atoms with E-state index in [1.807, 2.05) is 0 Å². The van der Waals surface area contributed by atoms with E-state index >= 15 is 0 Å². The lowest BCUT2D eigenvalue weighted by Gasteiger charge is -2.06. The van der Waals surface area contributed by atoms with E-state index in [4.69, 9.17) is 11.5 Å². The Bertz CT molecular complexity index is 514. The molecule has 4 N–H and O–H groups in total. The second kappa shape index (κ2) is 5.50. The van der Waals surface area contributed by atoms with Crippen LogP contribution in [0.1, 0.15) is 30.2 Å². The van der Waals surface area contributed by atoms with Crippen molar-refractivity contribution in [3.05, 3.63) is 34.7 Å². The van der Waals surface area contributed by atoms with Gasteiger partial charge in [0.2, 0.25) is 0 Å². The highest BCUT2D eigenvalue weighted by Crippen LogP contribution is 2.30. The Morgan fingerprint density at radius 3 is 2.44 bits per heavy atom. The molecule has 0 bridgehead atoms. The summed E-state index contributed by atoms with van der Waals surface area (Å²) in [6, 6.07) is 8.54. The summed E-state index contributed by atoms with van der Waals surface area (Å²) in [7, 11) is 0. The Kier molecular flexibility index (Phi) is 3.99. The van der Waals surface area contributed by atoms with Crippen LogP contribution in [0, 0.1) is 0 Å². The molecule has 2 rings (SSSR count). The Balaban J connectivity index is 2.35. The van der Waals surface area contributed by atoms with Crippen LogP contribution in [-0.4, -0.2) is 11.5 Å². The lowest BCUT2D eigenvalue weighted by Crippen LogP contribution is -2.02. The van der Waals surface area contributed by atoms with Crippen LogP contribution in [0.4, 0.5) is 5.13 Å². The predicted molar refractivity (Wildman–Crippen MR) is 78.8 cm³/mol. The molecule has 2 aromatic rings. The predicted octanol–water partition coefficient (Wildman–Crippen LogP) is 3.02. The highest BCUT2D eigenvalue weighted by atomic mass is 32.1. The molecule has 0 saturated heterocycles. The fourth-order valence-corrected chi connectivity index (χ4v) is 2.79. The van der Waals surface area contributed by atoms with Crippen molar-refractivity contribution in [3.63, 3.8) is 0 Å². The number of rotatable bonds is 4. The van der Waals surface area contributed by atoms with E-state index in [0.29, 0.717) is 17.6 Å². The molecule has 18 heavy (non-hydrogen) atoms. The molecule has 0 radical (unpaired) electrons. The third-order valence-corrected chi connectivity index (χ3v) is 3.88. The second-order valence-electron chi connectivity index (χ2n) is 4.64. The molecule has 0 fully saturated rings. The number of hydrogen-bond donors (Lipinski definition) is 2. The van der Waals surface area contributed by atoms with Gasteiger partial charge in [0.15, 0.2) is 5.13 Å². The maximum absolute atomic E-state index is 5.79. The minimum absolute atomic E-state index is 0.545. The molecule has 0 spiro atoms. The van der Waals surface area contributed by atoms with Crippen molar-refractivity contribution >= 4 is 16.5 Å². The van der Waals surface area contributed by atoms with Crippen molar-refractivity contribution in [1.29, 1.82) is 0 Å². The van der Waals surface area contributed by atoms with Crippen LogP contribution >= 0.6 is 11.3 Å². The fourth-order valence-electron chi connectivity index (χ4n) is 1.92. The Labute approximate surface area is 112 Å². The van der Waals surface area contributed by atoms with Gasteiger partial charge in [-0.25, -0.2) is 4.98 Å². The number of benzene rings is 1. The first kappa shape index (κ1) is 13.1. The first-order valence-corrected chi connectivity index (χ1v) is 6.99. The van der Waals surface area contributed by atoms with Gasteiger partial charge in [-0.15, -0.1) is 11.3 Å². The van der Waals surface area contributed by atoms with Gasteiger partial charge in [-0.05, 0) is 24.4 Å². The van der Waals surface area contributed by atoms with E-state index in [1.54, 1.807) is 0 Å². The summed E-state index contributed by atoms with van der Waals surface area (Å²) < 4.78 is 0. The number of hydrogen-bond acceptors (Lipinski definition) is 4. The maximum Gasteiger partial charge on any atom is 0.180 e. The van der Waals surface area contributed by atoms with Gasteiger partial charge in [-0.1, -0.05) is 38.1 Å². The van der Waals surface area contributed by atoms with E-state index in [-0.39, 0.29) is 0 Å². The van der Waals surface area contributed by atoms with Crippen molar-refractivity contribution in [2.24, 2.45) is 5.73 Å². The largest absolute Gasteiger partial charge is 0.375 e. The van der Waals surface area contributed by atoms with E-state index < -0.39 is 0 Å². The summed E-state index contributed by atoms with van der Waals surface area (Å²) in [5.41, 5.74) is 14.9. The van der Waals surface area contributed by atoms with Crippen molar-refractivity contribution in [1.82, 2.24) is 4.98 Å². The average molecular weight is 261 g/mol. The molecule has 4 heteroatoms. The number of nitrogens with zero attached hydrogens (tertiary/aromatic N) is 1. The Hall–Kier alpha value is -1.39. The van der Waals surface area contributed by atoms with Crippen LogP contribution in [0.2, 0.25) is 0 Å². The van der Waals surface area contributed by atoms with Crippen LogP contribution in [0.3, 0.4) is 0 Å². The molecular weight excluding hydrogens is 242 g/mol. The number of nitrogen functional groups attached to an aromatic ring is 1. The van der Waals surface area contributed by atoms with Crippen molar-refractivity contribution in [2.45, 2.75) is 26.2 Å². The van der Waals surface area contributed by atoms with Gasteiger partial charge < -0.3 is 11.5 Å². The molecule has 96 valence electrons. The molecule has 1 heterocycles. The molecule has 3 nitrogen and oxygen atoms in total. The summed E-state index contributed by atoms with van der Waals surface area (Å²) in [5.74, 6) is 0.545. The summed E-state index contributed by atoms with van der Waals surface area (Å²) >= 11 is 1.53. The van der Waals surface area contributed by atoms with Crippen molar-refractivity contribution in [2.75, 3.05) is 12.3 Å². The monoisotopic (exact) mass is 261 g/mol. The molecule has 0 saturated carbocycles. The topological polar surface area (TPSA) is 64.9 Å². The van der Waals surface area contributed by atoms with E-state index in [9.17, 15) is 0 Å². The van der Waals surface area contributed by atoms with Crippen LogP contribution in [-0.2, 0) is 6.42 Å². The van der Waals surface area contributed by atoms with Crippen LogP contribution in [0.5, 0.6) is 0 Å². The van der Waals surface area contributed by atoms with E-state index in [0.717, 1.165) is 17.7 Å². The molecule has 0 unspecified atom stereocenters. The van der Waals surface area contributed by atoms with Gasteiger partial charge in [0.05, 0.1) is 5.69 Å². The zero-order valence-electron chi connectivity index (χ0n) is 10.8. The summed E-state index contributed by atoms with van der Waals surface area (Å²) in [4.78, 5) is 5.59. The lowest BCUT2D eigenvalue weighted by atomic mass is 10.0. The van der Waals surface area contributed by atoms with Crippen LogP contribution in [0.25, 0.3) is 11.3 Å². The number of anilines is 1. The molecule has 0 aliphatic rings. The zero-order chi connectivity index (χ0) is 13.1. The van der Waals surface area contributed by atoms with Gasteiger partial charge in [0, 0.05) is 10.4 Å². The Morgan fingerprint density at radius 1 is 1.22 bits per heavy atom. The van der Waals surface area contributed by atoms with Crippen LogP contribution in [0.15, 0.2) is 24.3 Å². The number of aromatic nitrogens is 1. The van der Waals surface area contributed by atoms with Gasteiger partial charge in [0.1, 0.15) is 0 Å². The van der Waals surface area contributed by atoms with Gasteiger partial charge >= 0.3 is 0 Å². The SMILES string of the molecule is CC(C)c1ccc(-c2nc(N)sc2CCN)cc1. The average Bonchev–Trinajstić information content (AvgIpc) is 2.71. The molecule has 1 aromatic heterocycles. The third kappa shape index (κ3) is 2.71. The van der Waals surface area contributed by atoms with Gasteiger partial charge in [0.25, 0.3) is 0 Å². The summed E-state index contributed by atoms with van der Waals surface area (Å²) in [6.45, 7) is 5.00. The molecule has 0 aliphatic carbocycles. The van der Waals surface area contributed by atoms with Crippen LogP contribution < -0.4 is 11.5 Å². The van der Waals surface area contributed by atoms with Gasteiger partial charge in [-0.2, -0.15) is 0 Å². The molecule has 1 aromatic carbocycles.